The van der Waals surface area contributed by atoms with E-state index in [4.69, 9.17) is 9.84 Å². The number of aliphatic carboxylic acids is 1. The van der Waals surface area contributed by atoms with Crippen LogP contribution in [0.4, 0.5) is 0 Å². The number of hydrogen-bond donors (Lipinski definition) is 1. The number of carbonyl (C=O) groups excluding carboxylic acids is 1. The Balaban J connectivity index is 2.08. The predicted octanol–water partition coefficient (Wildman–Crippen LogP) is 1.97. The van der Waals surface area contributed by atoms with Crippen LogP contribution in [0.5, 0.6) is 0 Å². The maximum absolute atomic E-state index is 11.9. The standard InChI is InChI=1S/C12H18O4/c1-2-16-10(15)12-5-3-11(8-12,4-6-12)7-9(13)14/h2-8H2,1H3,(H,13,14). The van der Waals surface area contributed by atoms with E-state index >= 15 is 0 Å². The summed E-state index contributed by atoms with van der Waals surface area (Å²) in [5.74, 6) is -0.860. The minimum absolute atomic E-state index is 0.111. The number of esters is 1. The van der Waals surface area contributed by atoms with Gasteiger partial charge in [-0.15, -0.1) is 0 Å². The van der Waals surface area contributed by atoms with Gasteiger partial charge in [-0.1, -0.05) is 0 Å². The summed E-state index contributed by atoms with van der Waals surface area (Å²) >= 11 is 0. The van der Waals surface area contributed by atoms with Crippen LogP contribution in [0.3, 0.4) is 0 Å². The first-order valence-corrected chi connectivity index (χ1v) is 5.91. The van der Waals surface area contributed by atoms with E-state index in [9.17, 15) is 9.59 Å². The molecule has 90 valence electrons. The molecule has 0 spiro atoms. The molecule has 0 atom stereocenters. The van der Waals surface area contributed by atoms with Gasteiger partial charge in [-0.25, -0.2) is 0 Å². The van der Waals surface area contributed by atoms with Gasteiger partial charge in [0, 0.05) is 0 Å². The quantitative estimate of drug-likeness (QED) is 0.744. The van der Waals surface area contributed by atoms with E-state index in [0.29, 0.717) is 13.0 Å². The highest BCUT2D eigenvalue weighted by atomic mass is 16.5. The molecule has 0 aromatic rings. The molecule has 0 aromatic carbocycles. The van der Waals surface area contributed by atoms with Crippen LogP contribution in [0.1, 0.15) is 45.4 Å². The Hall–Kier alpha value is -1.06. The molecule has 2 aliphatic carbocycles. The largest absolute Gasteiger partial charge is 0.481 e. The second-order valence-corrected chi connectivity index (χ2v) is 5.25. The molecule has 0 amide bonds. The summed E-state index contributed by atoms with van der Waals surface area (Å²) in [5, 5.41) is 8.90. The van der Waals surface area contributed by atoms with Crippen molar-refractivity contribution in [3.63, 3.8) is 0 Å². The molecule has 0 aromatic heterocycles. The van der Waals surface area contributed by atoms with Crippen molar-refractivity contribution in [3.05, 3.63) is 0 Å². The first-order chi connectivity index (χ1) is 7.52. The Bertz CT molecular complexity index is 313. The van der Waals surface area contributed by atoms with Crippen molar-refractivity contribution in [3.8, 4) is 0 Å². The first kappa shape index (κ1) is 11.4. The van der Waals surface area contributed by atoms with Crippen LogP contribution >= 0.6 is 0 Å². The van der Waals surface area contributed by atoms with Crippen molar-refractivity contribution in [2.45, 2.75) is 45.4 Å². The Kier molecular flexibility index (Phi) is 2.68. The number of hydrogen-bond acceptors (Lipinski definition) is 3. The van der Waals surface area contributed by atoms with Crippen LogP contribution < -0.4 is 0 Å². The molecule has 2 saturated carbocycles. The summed E-state index contributed by atoms with van der Waals surface area (Å²) in [5.41, 5.74) is -0.482. The molecule has 0 aliphatic heterocycles. The summed E-state index contributed by atoms with van der Waals surface area (Å²) in [6.07, 6.45) is 4.24. The third-order valence-electron chi connectivity index (χ3n) is 4.22. The fourth-order valence-corrected chi connectivity index (χ4v) is 3.45. The first-order valence-electron chi connectivity index (χ1n) is 5.91. The van der Waals surface area contributed by atoms with Gasteiger partial charge in [-0.2, -0.15) is 0 Å². The SMILES string of the molecule is CCOC(=O)C12CCC(CC(=O)O)(CC1)C2. The van der Waals surface area contributed by atoms with Crippen molar-refractivity contribution in [2.75, 3.05) is 6.61 Å². The number of ether oxygens (including phenoxy) is 1. The zero-order valence-corrected chi connectivity index (χ0v) is 9.62. The highest BCUT2D eigenvalue weighted by molar-refractivity contribution is 5.78. The lowest BCUT2D eigenvalue weighted by atomic mass is 9.80. The van der Waals surface area contributed by atoms with Gasteiger partial charge in [0.05, 0.1) is 18.4 Å². The monoisotopic (exact) mass is 226 g/mol. The second-order valence-electron chi connectivity index (χ2n) is 5.25. The molecule has 0 radical (unpaired) electrons. The lowest BCUT2D eigenvalue weighted by Crippen LogP contribution is -2.28. The molecule has 0 unspecified atom stereocenters. The lowest BCUT2D eigenvalue weighted by Gasteiger charge is -2.25. The number of fused-ring (bicyclic) bond motifs is 2. The molecule has 0 heterocycles. The van der Waals surface area contributed by atoms with Crippen LogP contribution in [0.25, 0.3) is 0 Å². The molecule has 2 bridgehead atoms. The third kappa shape index (κ3) is 1.70. The van der Waals surface area contributed by atoms with Gasteiger partial charge in [0.15, 0.2) is 0 Å². The third-order valence-corrected chi connectivity index (χ3v) is 4.22. The van der Waals surface area contributed by atoms with Crippen LogP contribution in [0, 0.1) is 10.8 Å². The fraction of sp³-hybridized carbons (Fsp3) is 0.833. The molecule has 4 heteroatoms. The summed E-state index contributed by atoms with van der Waals surface area (Å²) in [6.45, 7) is 2.22. The molecule has 4 nitrogen and oxygen atoms in total. The van der Waals surface area contributed by atoms with E-state index in [1.165, 1.54) is 0 Å². The van der Waals surface area contributed by atoms with E-state index < -0.39 is 5.97 Å². The lowest BCUT2D eigenvalue weighted by molar-refractivity contribution is -0.155. The average Bonchev–Trinajstić information content (AvgIpc) is 2.73. The normalized spacial score (nSPS) is 36.3. The smallest absolute Gasteiger partial charge is 0.312 e. The Morgan fingerprint density at radius 1 is 1.25 bits per heavy atom. The Morgan fingerprint density at radius 2 is 1.88 bits per heavy atom. The van der Waals surface area contributed by atoms with Crippen LogP contribution in [-0.2, 0) is 14.3 Å². The topological polar surface area (TPSA) is 63.6 Å². The van der Waals surface area contributed by atoms with Gasteiger partial charge < -0.3 is 9.84 Å². The number of rotatable bonds is 4. The van der Waals surface area contributed by atoms with E-state index in [2.05, 4.69) is 0 Å². The van der Waals surface area contributed by atoms with Gasteiger partial charge in [-0.05, 0) is 44.4 Å². The van der Waals surface area contributed by atoms with E-state index in [-0.39, 0.29) is 23.2 Å². The van der Waals surface area contributed by atoms with Crippen molar-refractivity contribution in [1.82, 2.24) is 0 Å². The molecule has 0 saturated heterocycles. The van der Waals surface area contributed by atoms with Crippen molar-refractivity contribution >= 4 is 11.9 Å². The average molecular weight is 226 g/mol. The molecular weight excluding hydrogens is 208 g/mol. The van der Waals surface area contributed by atoms with Gasteiger partial charge in [0.2, 0.25) is 0 Å². The van der Waals surface area contributed by atoms with E-state index in [1.54, 1.807) is 0 Å². The molecule has 2 aliphatic rings. The summed E-state index contributed by atoms with van der Waals surface area (Å²) in [7, 11) is 0. The van der Waals surface area contributed by atoms with Crippen LogP contribution in [0.2, 0.25) is 0 Å². The van der Waals surface area contributed by atoms with Gasteiger partial charge in [0.25, 0.3) is 0 Å². The number of carbonyl (C=O) groups is 2. The van der Waals surface area contributed by atoms with E-state index in [0.717, 1.165) is 25.7 Å². The summed E-state index contributed by atoms with van der Waals surface area (Å²) in [4.78, 5) is 22.7. The summed E-state index contributed by atoms with van der Waals surface area (Å²) < 4.78 is 5.11. The summed E-state index contributed by atoms with van der Waals surface area (Å²) in [6, 6.07) is 0. The fourth-order valence-electron chi connectivity index (χ4n) is 3.45. The Labute approximate surface area is 95.0 Å². The molecule has 16 heavy (non-hydrogen) atoms. The zero-order valence-electron chi connectivity index (χ0n) is 9.62. The van der Waals surface area contributed by atoms with E-state index in [1.807, 2.05) is 6.92 Å². The highest BCUT2D eigenvalue weighted by Gasteiger charge is 2.59. The molecule has 2 fully saturated rings. The molecular formula is C12H18O4. The van der Waals surface area contributed by atoms with Gasteiger partial charge >= 0.3 is 11.9 Å². The van der Waals surface area contributed by atoms with Gasteiger partial charge in [-0.3, -0.25) is 9.59 Å². The van der Waals surface area contributed by atoms with Crippen LogP contribution in [0.15, 0.2) is 0 Å². The second kappa shape index (κ2) is 3.75. The van der Waals surface area contributed by atoms with Crippen molar-refractivity contribution in [2.24, 2.45) is 10.8 Å². The van der Waals surface area contributed by atoms with Crippen molar-refractivity contribution in [1.29, 1.82) is 0 Å². The van der Waals surface area contributed by atoms with Gasteiger partial charge in [0.1, 0.15) is 0 Å². The minimum atomic E-state index is -0.749. The maximum Gasteiger partial charge on any atom is 0.312 e. The number of carboxylic acids is 1. The highest BCUT2D eigenvalue weighted by Crippen LogP contribution is 2.63. The molecule has 2 rings (SSSR count). The maximum atomic E-state index is 11.9. The minimum Gasteiger partial charge on any atom is -0.481 e. The van der Waals surface area contributed by atoms with Crippen LogP contribution in [-0.4, -0.2) is 23.7 Å². The Morgan fingerprint density at radius 3 is 2.38 bits per heavy atom. The predicted molar refractivity (Wildman–Crippen MR) is 56.8 cm³/mol. The zero-order chi connectivity index (χ0) is 11.8. The molecule has 1 N–H and O–H groups in total. The van der Waals surface area contributed by atoms with Crippen molar-refractivity contribution < 1.29 is 19.4 Å². The number of carboxylic acid groups (broad SMARTS) is 1.